The van der Waals surface area contributed by atoms with Crippen molar-refractivity contribution in [2.45, 2.75) is 64.3 Å². The van der Waals surface area contributed by atoms with Crippen LogP contribution in [0.2, 0.25) is 0 Å². The highest BCUT2D eigenvalue weighted by molar-refractivity contribution is 5.52. The van der Waals surface area contributed by atoms with Gasteiger partial charge in [-0.05, 0) is 49.1 Å². The van der Waals surface area contributed by atoms with Crippen LogP contribution in [0.25, 0.3) is 0 Å². The molecule has 18 heavy (non-hydrogen) atoms. The summed E-state index contributed by atoms with van der Waals surface area (Å²) in [5.41, 5.74) is 3.50. The van der Waals surface area contributed by atoms with Crippen molar-refractivity contribution < 1.29 is 0 Å². The van der Waals surface area contributed by atoms with Crippen molar-refractivity contribution in [3.8, 4) is 0 Å². The Morgan fingerprint density at radius 2 is 1.89 bits per heavy atom. The van der Waals surface area contributed by atoms with Gasteiger partial charge in [-0.2, -0.15) is 0 Å². The van der Waals surface area contributed by atoms with Crippen LogP contribution >= 0.6 is 0 Å². The molecule has 2 aliphatic rings. The quantitative estimate of drug-likeness (QED) is 0.806. The van der Waals surface area contributed by atoms with Gasteiger partial charge in [0.2, 0.25) is 0 Å². The molecular formula is C17H25N. The van der Waals surface area contributed by atoms with Crippen molar-refractivity contribution in [1.29, 1.82) is 0 Å². The van der Waals surface area contributed by atoms with Crippen LogP contribution in [0.15, 0.2) is 24.3 Å². The Balaban J connectivity index is 1.72. The van der Waals surface area contributed by atoms with Gasteiger partial charge in [0, 0.05) is 11.7 Å². The molecule has 0 amide bonds. The topological polar surface area (TPSA) is 12.0 Å². The lowest BCUT2D eigenvalue weighted by atomic mass is 9.57. The first-order valence-corrected chi connectivity index (χ1v) is 7.68. The lowest BCUT2D eigenvalue weighted by Gasteiger charge is -2.53. The number of para-hydroxylation sites is 1. The highest BCUT2D eigenvalue weighted by atomic mass is 15.0. The van der Waals surface area contributed by atoms with E-state index in [1.807, 2.05) is 0 Å². The molecule has 1 aromatic carbocycles. The molecule has 1 atom stereocenters. The molecule has 3 rings (SSSR count). The molecule has 1 aromatic rings. The molecule has 1 N–H and O–H groups in total. The summed E-state index contributed by atoms with van der Waals surface area (Å²) in [6, 6.07) is 9.57. The van der Waals surface area contributed by atoms with Crippen molar-refractivity contribution in [3.05, 3.63) is 29.8 Å². The Morgan fingerprint density at radius 1 is 1.11 bits per heavy atom. The SMILES string of the molecule is CCc1ccccc1NC1CCC12CCCCC2. The summed E-state index contributed by atoms with van der Waals surface area (Å²) in [5.74, 6) is 0. The van der Waals surface area contributed by atoms with Gasteiger partial charge < -0.3 is 5.32 Å². The van der Waals surface area contributed by atoms with E-state index in [1.54, 1.807) is 0 Å². The van der Waals surface area contributed by atoms with Crippen LogP contribution in [0, 0.1) is 5.41 Å². The zero-order valence-electron chi connectivity index (χ0n) is 11.5. The van der Waals surface area contributed by atoms with E-state index in [0.29, 0.717) is 5.41 Å². The van der Waals surface area contributed by atoms with Crippen LogP contribution in [-0.2, 0) is 6.42 Å². The third-order valence-corrected chi connectivity index (χ3v) is 5.25. The number of hydrogen-bond donors (Lipinski definition) is 1. The molecule has 98 valence electrons. The summed E-state index contributed by atoms with van der Waals surface area (Å²) in [7, 11) is 0. The van der Waals surface area contributed by atoms with E-state index < -0.39 is 0 Å². The second-order valence-electron chi connectivity index (χ2n) is 6.17. The van der Waals surface area contributed by atoms with E-state index in [9.17, 15) is 0 Å². The molecule has 1 heteroatoms. The van der Waals surface area contributed by atoms with E-state index in [2.05, 4.69) is 36.5 Å². The Morgan fingerprint density at radius 3 is 2.56 bits per heavy atom. The second kappa shape index (κ2) is 4.95. The monoisotopic (exact) mass is 243 g/mol. The normalized spacial score (nSPS) is 25.7. The average molecular weight is 243 g/mol. The van der Waals surface area contributed by atoms with Crippen molar-refractivity contribution >= 4 is 5.69 Å². The Hall–Kier alpha value is -0.980. The van der Waals surface area contributed by atoms with Gasteiger partial charge in [-0.1, -0.05) is 44.4 Å². The van der Waals surface area contributed by atoms with Gasteiger partial charge in [-0.15, -0.1) is 0 Å². The molecular weight excluding hydrogens is 218 g/mol. The Kier molecular flexibility index (Phi) is 3.32. The number of nitrogens with one attached hydrogen (secondary N) is 1. The predicted molar refractivity (Wildman–Crippen MR) is 78.0 cm³/mol. The van der Waals surface area contributed by atoms with Crippen molar-refractivity contribution in [2.24, 2.45) is 5.41 Å². The van der Waals surface area contributed by atoms with Gasteiger partial charge >= 0.3 is 0 Å². The van der Waals surface area contributed by atoms with Gasteiger partial charge in [0.15, 0.2) is 0 Å². The molecule has 1 spiro atoms. The molecule has 0 aromatic heterocycles. The predicted octanol–water partition coefficient (Wildman–Crippen LogP) is 4.77. The number of aryl methyl sites for hydroxylation is 1. The van der Waals surface area contributed by atoms with Gasteiger partial charge in [0.05, 0.1) is 0 Å². The van der Waals surface area contributed by atoms with Gasteiger partial charge in [-0.3, -0.25) is 0 Å². The molecule has 0 radical (unpaired) electrons. The molecule has 2 fully saturated rings. The van der Waals surface area contributed by atoms with Crippen LogP contribution in [0.3, 0.4) is 0 Å². The minimum atomic E-state index is 0.652. The van der Waals surface area contributed by atoms with Gasteiger partial charge in [0.1, 0.15) is 0 Å². The highest BCUT2D eigenvalue weighted by Gasteiger charge is 2.46. The summed E-state index contributed by atoms with van der Waals surface area (Å²) in [4.78, 5) is 0. The zero-order chi connectivity index (χ0) is 12.4. The van der Waals surface area contributed by atoms with Crippen molar-refractivity contribution in [1.82, 2.24) is 0 Å². The fourth-order valence-corrected chi connectivity index (χ4v) is 3.93. The Labute approximate surface area is 111 Å². The molecule has 2 aliphatic carbocycles. The lowest BCUT2D eigenvalue weighted by Crippen LogP contribution is -2.50. The van der Waals surface area contributed by atoms with E-state index >= 15 is 0 Å². The van der Waals surface area contributed by atoms with Crippen LogP contribution in [0.1, 0.15) is 57.4 Å². The maximum atomic E-state index is 3.86. The second-order valence-corrected chi connectivity index (χ2v) is 6.17. The number of benzene rings is 1. The smallest absolute Gasteiger partial charge is 0.0374 e. The molecule has 0 aliphatic heterocycles. The average Bonchev–Trinajstić information content (AvgIpc) is 2.45. The van der Waals surface area contributed by atoms with Crippen LogP contribution in [0.5, 0.6) is 0 Å². The lowest BCUT2D eigenvalue weighted by molar-refractivity contribution is 0.0571. The Bertz CT molecular complexity index is 404. The third-order valence-electron chi connectivity index (χ3n) is 5.25. The standard InChI is InChI=1S/C17H25N/c1-2-14-8-4-5-9-15(14)18-16-10-13-17(16)11-6-3-7-12-17/h4-5,8-9,16,18H,2-3,6-7,10-13H2,1H3. The number of anilines is 1. The molecule has 2 saturated carbocycles. The third kappa shape index (κ3) is 2.04. The van der Waals surface area contributed by atoms with Crippen LogP contribution in [-0.4, -0.2) is 6.04 Å². The molecule has 0 heterocycles. The minimum Gasteiger partial charge on any atom is -0.382 e. The minimum absolute atomic E-state index is 0.652. The molecule has 0 bridgehead atoms. The molecule has 1 nitrogen and oxygen atoms in total. The highest BCUT2D eigenvalue weighted by Crippen LogP contribution is 2.52. The molecule has 0 saturated heterocycles. The largest absolute Gasteiger partial charge is 0.382 e. The van der Waals surface area contributed by atoms with Gasteiger partial charge in [-0.25, -0.2) is 0 Å². The zero-order valence-corrected chi connectivity index (χ0v) is 11.5. The number of hydrogen-bond acceptors (Lipinski definition) is 1. The van der Waals surface area contributed by atoms with Crippen molar-refractivity contribution in [3.63, 3.8) is 0 Å². The molecule has 1 unspecified atom stereocenters. The first-order valence-electron chi connectivity index (χ1n) is 7.68. The van der Waals surface area contributed by atoms with Gasteiger partial charge in [0.25, 0.3) is 0 Å². The first-order chi connectivity index (χ1) is 8.84. The van der Waals surface area contributed by atoms with E-state index in [4.69, 9.17) is 0 Å². The summed E-state index contributed by atoms with van der Waals surface area (Å²) < 4.78 is 0. The first kappa shape index (κ1) is 12.1. The maximum absolute atomic E-state index is 3.86. The van der Waals surface area contributed by atoms with Crippen LogP contribution < -0.4 is 5.32 Å². The van der Waals surface area contributed by atoms with Crippen LogP contribution in [0.4, 0.5) is 5.69 Å². The van der Waals surface area contributed by atoms with E-state index in [-0.39, 0.29) is 0 Å². The van der Waals surface area contributed by atoms with Crippen molar-refractivity contribution in [2.75, 3.05) is 5.32 Å². The van der Waals surface area contributed by atoms with E-state index in [0.717, 1.165) is 12.5 Å². The summed E-state index contributed by atoms with van der Waals surface area (Å²) >= 11 is 0. The number of rotatable bonds is 3. The fraction of sp³-hybridized carbons (Fsp3) is 0.647. The summed E-state index contributed by atoms with van der Waals surface area (Å²) in [6.07, 6.45) is 11.2. The summed E-state index contributed by atoms with van der Waals surface area (Å²) in [5, 5.41) is 3.86. The summed E-state index contributed by atoms with van der Waals surface area (Å²) in [6.45, 7) is 2.25. The fourth-order valence-electron chi connectivity index (χ4n) is 3.93. The van der Waals surface area contributed by atoms with E-state index in [1.165, 1.54) is 56.2 Å². The maximum Gasteiger partial charge on any atom is 0.0374 e.